The molecule has 5 heteroatoms. The molecule has 0 N–H and O–H groups in total. The monoisotopic (exact) mass is 314 g/mol. The lowest BCUT2D eigenvalue weighted by Gasteiger charge is -2.21. The van der Waals surface area contributed by atoms with Gasteiger partial charge in [-0.3, -0.25) is 14.5 Å². The summed E-state index contributed by atoms with van der Waals surface area (Å²) in [5, 5.41) is 0. The Kier molecular flexibility index (Phi) is 4.20. The summed E-state index contributed by atoms with van der Waals surface area (Å²) in [4.78, 5) is 39.5. The summed E-state index contributed by atoms with van der Waals surface area (Å²) >= 11 is 0. The molecule has 2 amide bonds. The number of amides is 2. The van der Waals surface area contributed by atoms with Crippen LogP contribution < -0.4 is 4.90 Å². The van der Waals surface area contributed by atoms with Crippen molar-refractivity contribution < 1.29 is 14.4 Å². The molecule has 3 rings (SSSR count). The van der Waals surface area contributed by atoms with Crippen LogP contribution in [0.25, 0.3) is 0 Å². The van der Waals surface area contributed by atoms with E-state index in [2.05, 4.69) is 4.90 Å². The largest absolute Gasteiger partial charge is 0.371 e. The smallest absolute Gasteiger partial charge is 0.261 e. The van der Waals surface area contributed by atoms with Gasteiger partial charge in [-0.15, -0.1) is 0 Å². The van der Waals surface area contributed by atoms with Crippen LogP contribution in [-0.2, 0) is 4.79 Å². The maximum absolute atomic E-state index is 12.6. The van der Waals surface area contributed by atoms with Crippen molar-refractivity contribution in [2.75, 3.05) is 18.0 Å². The van der Waals surface area contributed by atoms with E-state index in [9.17, 15) is 14.4 Å². The summed E-state index contributed by atoms with van der Waals surface area (Å²) in [5.41, 5.74) is 1.90. The second kappa shape index (κ2) is 6.14. The first kappa shape index (κ1) is 15.7. The van der Waals surface area contributed by atoms with E-state index in [1.807, 2.05) is 19.9 Å². The van der Waals surface area contributed by atoms with Gasteiger partial charge in [-0.2, -0.15) is 0 Å². The number of rotatable bonds is 5. The lowest BCUT2D eigenvalue weighted by molar-refractivity contribution is -0.110. The molecule has 0 aliphatic carbocycles. The van der Waals surface area contributed by atoms with Crippen LogP contribution >= 0.6 is 0 Å². The Bertz CT molecular complexity index is 656. The summed E-state index contributed by atoms with van der Waals surface area (Å²) in [6.07, 6.45) is 3.58. The van der Waals surface area contributed by atoms with Gasteiger partial charge in [-0.25, -0.2) is 0 Å². The van der Waals surface area contributed by atoms with E-state index in [-0.39, 0.29) is 23.8 Å². The third-order valence-corrected chi connectivity index (χ3v) is 4.83. The van der Waals surface area contributed by atoms with Gasteiger partial charge in [0.05, 0.1) is 11.1 Å². The van der Waals surface area contributed by atoms with E-state index in [1.54, 1.807) is 12.1 Å². The number of hydrogen-bond acceptors (Lipinski definition) is 4. The van der Waals surface area contributed by atoms with Crippen LogP contribution in [0.5, 0.6) is 0 Å². The Morgan fingerprint density at radius 1 is 1.26 bits per heavy atom. The number of hydrogen-bond donors (Lipinski definition) is 0. The number of aldehydes is 1. The molecule has 2 aliphatic heterocycles. The number of carbonyl (C=O) groups is 3. The predicted molar refractivity (Wildman–Crippen MR) is 87.7 cm³/mol. The average Bonchev–Trinajstić information content (AvgIpc) is 3.11. The number of fused-ring (bicyclic) bond motifs is 1. The molecule has 2 atom stereocenters. The second-order valence-corrected chi connectivity index (χ2v) is 6.48. The van der Waals surface area contributed by atoms with Crippen molar-refractivity contribution in [1.29, 1.82) is 0 Å². The Morgan fingerprint density at radius 3 is 2.65 bits per heavy atom. The summed E-state index contributed by atoms with van der Waals surface area (Å²) in [5.74, 6) is -0.328. The molecule has 5 nitrogen and oxygen atoms in total. The molecule has 0 saturated carbocycles. The van der Waals surface area contributed by atoms with Crippen molar-refractivity contribution in [3.05, 3.63) is 29.3 Å². The highest BCUT2D eigenvalue weighted by molar-refractivity contribution is 6.22. The van der Waals surface area contributed by atoms with Crippen molar-refractivity contribution in [2.45, 2.75) is 39.2 Å². The van der Waals surface area contributed by atoms with Gasteiger partial charge < -0.3 is 9.69 Å². The highest BCUT2D eigenvalue weighted by Crippen LogP contribution is 2.31. The van der Waals surface area contributed by atoms with Gasteiger partial charge in [0.2, 0.25) is 0 Å². The molecule has 1 aromatic rings. The normalized spacial score (nSPS) is 21.7. The van der Waals surface area contributed by atoms with Crippen molar-refractivity contribution in [1.82, 2.24) is 4.90 Å². The predicted octanol–water partition coefficient (Wildman–Crippen LogP) is 2.50. The SMILES string of the molecule is CCCC(C)N1C(=O)c2ccc(N3CCC(C=O)C3)cc2C1=O. The van der Waals surface area contributed by atoms with Gasteiger partial charge in [0, 0.05) is 30.7 Å². The van der Waals surface area contributed by atoms with E-state index < -0.39 is 0 Å². The van der Waals surface area contributed by atoms with Gasteiger partial charge >= 0.3 is 0 Å². The minimum Gasteiger partial charge on any atom is -0.371 e. The quantitative estimate of drug-likeness (QED) is 0.619. The van der Waals surface area contributed by atoms with Crippen molar-refractivity contribution in [3.8, 4) is 0 Å². The van der Waals surface area contributed by atoms with Gasteiger partial charge in [0.25, 0.3) is 11.8 Å². The first-order chi connectivity index (χ1) is 11.1. The van der Waals surface area contributed by atoms with Crippen LogP contribution in [0.3, 0.4) is 0 Å². The molecule has 0 bridgehead atoms. The Balaban J connectivity index is 1.87. The molecule has 1 saturated heterocycles. The molecular weight excluding hydrogens is 292 g/mol. The van der Waals surface area contributed by atoms with E-state index >= 15 is 0 Å². The highest BCUT2D eigenvalue weighted by Gasteiger charge is 2.38. The van der Waals surface area contributed by atoms with Crippen LogP contribution in [0.4, 0.5) is 5.69 Å². The summed E-state index contributed by atoms with van der Waals surface area (Å²) in [6, 6.07) is 5.35. The van der Waals surface area contributed by atoms with E-state index in [0.29, 0.717) is 17.7 Å². The minimum absolute atomic E-state index is 0.0571. The maximum atomic E-state index is 12.6. The third kappa shape index (κ3) is 2.64. The fourth-order valence-corrected chi connectivity index (χ4v) is 3.52. The molecule has 0 spiro atoms. The van der Waals surface area contributed by atoms with Crippen LogP contribution in [0, 0.1) is 5.92 Å². The van der Waals surface area contributed by atoms with Gasteiger partial charge in [0.15, 0.2) is 0 Å². The van der Waals surface area contributed by atoms with Crippen LogP contribution in [0.1, 0.15) is 53.8 Å². The second-order valence-electron chi connectivity index (χ2n) is 6.48. The van der Waals surface area contributed by atoms with E-state index in [0.717, 1.165) is 37.8 Å². The lowest BCUT2D eigenvalue weighted by Crippen LogP contribution is -2.37. The molecule has 0 aromatic heterocycles. The van der Waals surface area contributed by atoms with Gasteiger partial charge in [-0.1, -0.05) is 13.3 Å². The van der Waals surface area contributed by atoms with Crippen LogP contribution in [-0.4, -0.2) is 42.1 Å². The molecule has 1 fully saturated rings. The van der Waals surface area contributed by atoms with Gasteiger partial charge in [-0.05, 0) is 38.0 Å². The Morgan fingerprint density at radius 2 is 2.00 bits per heavy atom. The average molecular weight is 314 g/mol. The molecule has 1 aromatic carbocycles. The number of benzene rings is 1. The molecule has 2 unspecified atom stereocenters. The maximum Gasteiger partial charge on any atom is 0.261 e. The Labute approximate surface area is 136 Å². The van der Waals surface area contributed by atoms with E-state index in [1.165, 1.54) is 4.90 Å². The summed E-state index contributed by atoms with van der Waals surface area (Å²) < 4.78 is 0. The fourth-order valence-electron chi connectivity index (χ4n) is 3.52. The van der Waals surface area contributed by atoms with Crippen molar-refractivity contribution in [2.24, 2.45) is 5.92 Å². The minimum atomic E-state index is -0.195. The molecular formula is C18H22N2O3. The summed E-state index contributed by atoms with van der Waals surface area (Å²) in [7, 11) is 0. The number of anilines is 1. The molecule has 23 heavy (non-hydrogen) atoms. The topological polar surface area (TPSA) is 57.7 Å². The molecule has 0 radical (unpaired) electrons. The first-order valence-corrected chi connectivity index (χ1v) is 8.29. The van der Waals surface area contributed by atoms with Gasteiger partial charge in [0.1, 0.15) is 6.29 Å². The summed E-state index contributed by atoms with van der Waals surface area (Å²) in [6.45, 7) is 5.45. The zero-order valence-corrected chi connectivity index (χ0v) is 13.6. The molecule has 122 valence electrons. The molecule has 2 heterocycles. The Hall–Kier alpha value is -2.17. The third-order valence-electron chi connectivity index (χ3n) is 4.83. The zero-order chi connectivity index (χ0) is 16.6. The van der Waals surface area contributed by atoms with Crippen molar-refractivity contribution >= 4 is 23.8 Å². The number of imide groups is 1. The molecule has 2 aliphatic rings. The fraction of sp³-hybridized carbons (Fsp3) is 0.500. The van der Waals surface area contributed by atoms with E-state index in [4.69, 9.17) is 0 Å². The van der Waals surface area contributed by atoms with Crippen LogP contribution in [0.2, 0.25) is 0 Å². The zero-order valence-electron chi connectivity index (χ0n) is 13.6. The van der Waals surface area contributed by atoms with Crippen LogP contribution in [0.15, 0.2) is 18.2 Å². The first-order valence-electron chi connectivity index (χ1n) is 8.29. The van der Waals surface area contributed by atoms with Crippen molar-refractivity contribution in [3.63, 3.8) is 0 Å². The number of nitrogens with zero attached hydrogens (tertiary/aromatic N) is 2. The standard InChI is InChI=1S/C18H22N2O3/c1-3-4-12(2)20-17(22)15-6-5-14(9-16(15)18(20)23)19-8-7-13(10-19)11-21/h5-6,9,11-13H,3-4,7-8,10H2,1-2H3. The number of carbonyl (C=O) groups excluding carboxylic acids is 3. The highest BCUT2D eigenvalue weighted by atomic mass is 16.2. The lowest BCUT2D eigenvalue weighted by atomic mass is 10.1.